The average molecular weight is 450 g/mol. The number of hydrogen-bond donors (Lipinski definition) is 2. The van der Waals surface area contributed by atoms with Crippen molar-refractivity contribution in [2.45, 2.75) is 38.6 Å². The Morgan fingerprint density at radius 3 is 2.79 bits per heavy atom. The number of nitrogens with zero attached hydrogens (tertiary/aromatic N) is 5. The van der Waals surface area contributed by atoms with Gasteiger partial charge in [-0.2, -0.15) is 20.1 Å². The van der Waals surface area contributed by atoms with Crippen LogP contribution in [0.3, 0.4) is 0 Å². The van der Waals surface area contributed by atoms with E-state index in [1.165, 1.54) is 0 Å². The molecule has 172 valence electrons. The first-order valence-corrected chi connectivity index (χ1v) is 11.3. The van der Waals surface area contributed by atoms with Crippen LogP contribution in [0.2, 0.25) is 0 Å². The van der Waals surface area contributed by atoms with Crippen molar-refractivity contribution in [1.29, 1.82) is 0 Å². The third kappa shape index (κ3) is 4.95. The van der Waals surface area contributed by atoms with E-state index in [0.717, 1.165) is 36.8 Å². The molecule has 2 aromatic heterocycles. The van der Waals surface area contributed by atoms with Crippen LogP contribution in [0.5, 0.6) is 0 Å². The lowest BCUT2D eigenvalue weighted by molar-refractivity contribution is 0.0905. The minimum atomic E-state index is -0.320. The van der Waals surface area contributed by atoms with Gasteiger partial charge in [0.15, 0.2) is 5.82 Å². The Balaban J connectivity index is 1.43. The Morgan fingerprint density at radius 2 is 2.00 bits per heavy atom. The molecule has 0 spiro atoms. The van der Waals surface area contributed by atoms with Gasteiger partial charge in [0.05, 0.1) is 19.4 Å². The summed E-state index contributed by atoms with van der Waals surface area (Å²) in [6, 6.07) is 8.17. The molecule has 0 radical (unpaired) electrons. The van der Waals surface area contributed by atoms with Gasteiger partial charge >= 0.3 is 5.91 Å². The summed E-state index contributed by atoms with van der Waals surface area (Å²) in [7, 11) is 0. The summed E-state index contributed by atoms with van der Waals surface area (Å²) < 4.78 is 11.3. The highest BCUT2D eigenvalue weighted by molar-refractivity contribution is 5.94. The van der Waals surface area contributed by atoms with Crippen molar-refractivity contribution in [3.63, 3.8) is 0 Å². The van der Waals surface area contributed by atoms with Gasteiger partial charge in [-0.25, -0.2) is 5.43 Å². The molecular weight excluding hydrogens is 422 g/mol. The molecule has 3 heterocycles. The van der Waals surface area contributed by atoms with E-state index in [4.69, 9.17) is 9.15 Å². The monoisotopic (exact) mass is 449 g/mol. The Hall–Kier alpha value is -3.53. The zero-order valence-corrected chi connectivity index (χ0v) is 18.6. The lowest BCUT2D eigenvalue weighted by Gasteiger charge is -2.27. The van der Waals surface area contributed by atoms with Crippen LogP contribution in [0, 0.1) is 6.92 Å². The normalized spacial score (nSPS) is 17.2. The molecule has 2 fully saturated rings. The van der Waals surface area contributed by atoms with Crippen molar-refractivity contribution in [3.05, 3.63) is 41.3 Å². The van der Waals surface area contributed by atoms with Crippen molar-refractivity contribution >= 4 is 35.1 Å². The number of morpholine rings is 1. The van der Waals surface area contributed by atoms with Crippen LogP contribution in [-0.4, -0.2) is 59.4 Å². The fraction of sp³-hybridized carbons (Fsp3) is 0.435. The molecule has 0 unspecified atom stereocenters. The summed E-state index contributed by atoms with van der Waals surface area (Å²) in [4.78, 5) is 28.2. The molecule has 3 aromatic rings. The number of hydrazone groups is 1. The molecule has 10 nitrogen and oxygen atoms in total. The number of carbonyl (C=O) groups is 1. The number of benzene rings is 1. The van der Waals surface area contributed by atoms with Crippen molar-refractivity contribution in [2.75, 3.05) is 36.6 Å². The molecule has 2 aliphatic rings. The molecule has 1 aliphatic carbocycles. The number of ether oxygens (including phenoxy) is 1. The van der Waals surface area contributed by atoms with Gasteiger partial charge in [0.25, 0.3) is 5.89 Å². The van der Waals surface area contributed by atoms with Crippen molar-refractivity contribution in [3.8, 4) is 0 Å². The van der Waals surface area contributed by atoms with E-state index >= 15 is 0 Å². The molecule has 1 aliphatic heterocycles. The minimum absolute atomic E-state index is 0.00104. The van der Waals surface area contributed by atoms with Crippen LogP contribution >= 0.6 is 0 Å². The molecule has 10 heteroatoms. The minimum Gasteiger partial charge on any atom is -0.427 e. The van der Waals surface area contributed by atoms with Crippen LogP contribution < -0.4 is 15.6 Å². The van der Waals surface area contributed by atoms with Gasteiger partial charge < -0.3 is 19.4 Å². The standard InChI is InChI=1S/C23H27N7O3/c1-15-5-4-6-16(13-15)14-24-29-23-27-19-18(20(28-23)30-9-11-32-12-10-30)33-22(26-19)21(31)25-17-7-2-3-8-17/h4-6,13-14,17H,2-3,7-12H2,1H3,(H,25,31)(H,27,28,29)/b24-14+. The van der Waals surface area contributed by atoms with E-state index in [9.17, 15) is 4.79 Å². The summed E-state index contributed by atoms with van der Waals surface area (Å²) in [5, 5.41) is 7.29. The summed E-state index contributed by atoms with van der Waals surface area (Å²) in [6.45, 7) is 4.51. The highest BCUT2D eigenvalue weighted by Crippen LogP contribution is 2.27. The topological polar surface area (TPSA) is 118 Å². The first kappa shape index (κ1) is 21.3. The summed E-state index contributed by atoms with van der Waals surface area (Å²) >= 11 is 0. The zero-order chi connectivity index (χ0) is 22.6. The molecular formula is C23H27N7O3. The predicted octanol–water partition coefficient (Wildman–Crippen LogP) is 2.88. The molecule has 1 aromatic carbocycles. The van der Waals surface area contributed by atoms with E-state index in [1.54, 1.807) is 6.21 Å². The van der Waals surface area contributed by atoms with Gasteiger partial charge in [-0.05, 0) is 25.3 Å². The number of nitrogens with one attached hydrogen (secondary N) is 2. The number of rotatable bonds is 6. The van der Waals surface area contributed by atoms with Crippen LogP contribution in [0.15, 0.2) is 33.8 Å². The maximum Gasteiger partial charge on any atom is 0.307 e. The van der Waals surface area contributed by atoms with Crippen LogP contribution in [0.25, 0.3) is 11.2 Å². The molecule has 33 heavy (non-hydrogen) atoms. The quantitative estimate of drug-likeness (QED) is 0.436. The smallest absolute Gasteiger partial charge is 0.307 e. The Morgan fingerprint density at radius 1 is 1.18 bits per heavy atom. The number of oxazole rings is 1. The van der Waals surface area contributed by atoms with Gasteiger partial charge in [-0.15, -0.1) is 0 Å². The first-order valence-electron chi connectivity index (χ1n) is 11.3. The molecule has 5 rings (SSSR count). The predicted molar refractivity (Wildman–Crippen MR) is 125 cm³/mol. The fourth-order valence-corrected chi connectivity index (χ4v) is 4.18. The van der Waals surface area contributed by atoms with E-state index < -0.39 is 0 Å². The van der Waals surface area contributed by atoms with E-state index in [-0.39, 0.29) is 23.8 Å². The number of aryl methyl sites for hydroxylation is 1. The number of amides is 1. The third-order valence-electron chi connectivity index (χ3n) is 5.85. The Kier molecular flexibility index (Phi) is 6.16. The van der Waals surface area contributed by atoms with Gasteiger partial charge in [0.1, 0.15) is 0 Å². The summed E-state index contributed by atoms with van der Waals surface area (Å²) in [5.41, 5.74) is 5.71. The Labute approximate surface area is 191 Å². The molecule has 1 amide bonds. The number of fused-ring (bicyclic) bond motifs is 1. The van der Waals surface area contributed by atoms with Crippen molar-refractivity contribution < 1.29 is 13.9 Å². The maximum absolute atomic E-state index is 12.7. The lowest BCUT2D eigenvalue weighted by atomic mass is 10.2. The second-order valence-corrected chi connectivity index (χ2v) is 8.38. The molecule has 1 saturated heterocycles. The van der Waals surface area contributed by atoms with E-state index in [1.807, 2.05) is 36.1 Å². The molecule has 1 saturated carbocycles. The van der Waals surface area contributed by atoms with E-state index in [0.29, 0.717) is 43.4 Å². The summed E-state index contributed by atoms with van der Waals surface area (Å²) in [5.74, 6) is 0.536. The first-order chi connectivity index (χ1) is 16.2. The van der Waals surface area contributed by atoms with Gasteiger partial charge in [0.2, 0.25) is 17.2 Å². The highest BCUT2D eigenvalue weighted by Gasteiger charge is 2.26. The average Bonchev–Trinajstić information content (AvgIpc) is 3.49. The molecule has 0 atom stereocenters. The maximum atomic E-state index is 12.7. The van der Waals surface area contributed by atoms with Crippen molar-refractivity contribution in [2.24, 2.45) is 5.10 Å². The van der Waals surface area contributed by atoms with Gasteiger partial charge in [-0.3, -0.25) is 4.79 Å². The second kappa shape index (κ2) is 9.53. The van der Waals surface area contributed by atoms with E-state index in [2.05, 4.69) is 30.8 Å². The van der Waals surface area contributed by atoms with Gasteiger partial charge in [-0.1, -0.05) is 42.7 Å². The van der Waals surface area contributed by atoms with Crippen LogP contribution in [0.1, 0.15) is 47.5 Å². The number of hydrogen-bond acceptors (Lipinski definition) is 9. The molecule has 0 bridgehead atoms. The van der Waals surface area contributed by atoms with Crippen LogP contribution in [-0.2, 0) is 4.74 Å². The second-order valence-electron chi connectivity index (χ2n) is 8.38. The summed E-state index contributed by atoms with van der Waals surface area (Å²) in [6.07, 6.45) is 5.93. The number of anilines is 2. The highest BCUT2D eigenvalue weighted by atomic mass is 16.5. The lowest BCUT2D eigenvalue weighted by Crippen LogP contribution is -2.37. The SMILES string of the molecule is Cc1cccc(/C=N/Nc2nc(N3CCOCC3)c3oc(C(=O)NC4CCCC4)nc3n2)c1. The fourth-order valence-electron chi connectivity index (χ4n) is 4.18. The molecule has 2 N–H and O–H groups in total. The Bertz CT molecular complexity index is 1160. The zero-order valence-electron chi connectivity index (χ0n) is 18.6. The van der Waals surface area contributed by atoms with Crippen molar-refractivity contribution in [1.82, 2.24) is 20.3 Å². The number of aromatic nitrogens is 3. The third-order valence-corrected chi connectivity index (χ3v) is 5.85. The largest absolute Gasteiger partial charge is 0.427 e. The number of carbonyl (C=O) groups excluding carboxylic acids is 1. The van der Waals surface area contributed by atoms with Gasteiger partial charge in [0, 0.05) is 19.1 Å². The van der Waals surface area contributed by atoms with Crippen LogP contribution in [0.4, 0.5) is 11.8 Å².